The molecule has 0 saturated heterocycles. The summed E-state index contributed by atoms with van der Waals surface area (Å²) in [4.78, 5) is 58.4. The van der Waals surface area contributed by atoms with Crippen molar-refractivity contribution in [2.24, 2.45) is 5.73 Å². The number of hydrogen-bond donors (Lipinski definition) is 6. The summed E-state index contributed by atoms with van der Waals surface area (Å²) < 4.78 is 27.2. The number of hydrogen-bond acceptors (Lipinski definition) is 12. The molecule has 0 rings (SSSR count). The Kier molecular flexibility index (Phi) is 34.8. The molecule has 0 bridgehead atoms. The molecule has 0 saturated carbocycles. The van der Waals surface area contributed by atoms with Crippen LogP contribution in [0.3, 0.4) is 0 Å². The summed E-state index contributed by atoms with van der Waals surface area (Å²) in [5.41, 5.74) is 5.39. The minimum atomic E-state index is -3.92. The van der Waals surface area contributed by atoms with E-state index in [9.17, 15) is 39.6 Å². The van der Waals surface area contributed by atoms with Gasteiger partial charge in [-0.15, -0.1) is 0 Å². The van der Waals surface area contributed by atoms with E-state index in [0.29, 0.717) is 79.6 Å². The molecule has 0 atom stereocenters. The molecular formula is C26H51ClFeN6O11S+. The second-order valence-electron chi connectivity index (χ2n) is 10.1. The van der Waals surface area contributed by atoms with Gasteiger partial charge < -0.3 is 33.3 Å². The van der Waals surface area contributed by atoms with E-state index in [0.717, 1.165) is 19.3 Å². The van der Waals surface area contributed by atoms with Crippen LogP contribution < -0.4 is 28.8 Å². The van der Waals surface area contributed by atoms with Gasteiger partial charge in [0.2, 0.25) is 29.5 Å². The zero-order valence-corrected chi connectivity index (χ0v) is 29.3. The van der Waals surface area contributed by atoms with Gasteiger partial charge in [0.05, 0.1) is 10.1 Å². The number of hydroxylamine groups is 6. The van der Waals surface area contributed by atoms with Gasteiger partial charge in [0.1, 0.15) is 0 Å². The molecule has 0 aromatic rings. The van der Waals surface area contributed by atoms with Crippen molar-refractivity contribution in [3.8, 4) is 0 Å². The molecule has 0 aliphatic rings. The van der Waals surface area contributed by atoms with Crippen LogP contribution in [0.2, 0.25) is 0 Å². The van der Waals surface area contributed by atoms with Crippen molar-refractivity contribution in [1.82, 2.24) is 25.8 Å². The molecule has 1 radical (unpaired) electrons. The number of nitrogens with zero attached hydrogens (tertiary/aromatic N) is 3. The number of unbranched alkanes of at least 4 members (excludes halogenated alkanes) is 6. The average Bonchev–Trinajstić information content (AvgIpc) is 2.94. The Bertz CT molecular complexity index is 959. The molecule has 0 aliphatic carbocycles. The maximum atomic E-state index is 12.0. The van der Waals surface area contributed by atoms with Gasteiger partial charge in [0.15, 0.2) is 0 Å². The molecule has 0 aromatic heterocycles. The fourth-order valence-electron chi connectivity index (χ4n) is 3.45. The van der Waals surface area contributed by atoms with Crippen molar-refractivity contribution >= 4 is 39.7 Å². The number of nitrogens with one attached hydrogen (secondary N) is 2. The smallest absolute Gasteiger partial charge is 1.00 e. The second kappa shape index (κ2) is 31.5. The number of amides is 5. The third kappa shape index (κ3) is 36.4. The first-order valence-electron chi connectivity index (χ1n) is 14.7. The van der Waals surface area contributed by atoms with E-state index in [1.54, 1.807) is 0 Å². The van der Waals surface area contributed by atoms with Crippen molar-refractivity contribution in [1.29, 1.82) is 0 Å². The Balaban J connectivity index is -0.00000116. The van der Waals surface area contributed by atoms with E-state index in [1.807, 2.05) is 0 Å². The largest absolute Gasteiger partial charge is 3.00 e. The van der Waals surface area contributed by atoms with E-state index in [2.05, 4.69) is 10.6 Å². The van der Waals surface area contributed by atoms with Crippen molar-refractivity contribution in [2.45, 2.75) is 90.4 Å². The van der Waals surface area contributed by atoms with Crippen LogP contribution >= 0.6 is 0 Å². The Hall–Kier alpha value is -2.09. The van der Waals surface area contributed by atoms with Crippen molar-refractivity contribution in [2.75, 3.05) is 45.5 Å². The number of rotatable bonds is 23. The summed E-state index contributed by atoms with van der Waals surface area (Å²) in [7, 11) is -3.92. The van der Waals surface area contributed by atoms with Crippen LogP contribution in [0.15, 0.2) is 0 Å². The summed E-state index contributed by atoms with van der Waals surface area (Å²) in [6.07, 6.45) is 6.44. The summed E-state index contributed by atoms with van der Waals surface area (Å²) in [6.45, 7) is 3.22. The van der Waals surface area contributed by atoms with Crippen LogP contribution in [-0.2, 0) is 51.2 Å². The summed E-state index contributed by atoms with van der Waals surface area (Å²) in [5.74, 6) is -2.05. The monoisotopic (exact) mass is 746 g/mol. The molecule has 0 spiro atoms. The second-order valence-corrected chi connectivity index (χ2v) is 11.5. The first-order valence-corrected chi connectivity index (χ1v) is 16.5. The van der Waals surface area contributed by atoms with E-state index in [1.165, 1.54) is 6.92 Å². The van der Waals surface area contributed by atoms with Gasteiger partial charge in [-0.3, -0.25) is 39.6 Å². The molecule has 5 amide bonds. The van der Waals surface area contributed by atoms with Crippen LogP contribution in [0.5, 0.6) is 0 Å². The first kappa shape index (κ1) is 50.8. The minimum absolute atomic E-state index is 0. The molecule has 0 unspecified atom stereocenters. The van der Waals surface area contributed by atoms with Gasteiger partial charge in [-0.1, -0.05) is 6.42 Å². The predicted octanol–water partition coefficient (Wildman–Crippen LogP) is -2.92. The third-order valence-electron chi connectivity index (χ3n) is 5.88. The van der Waals surface area contributed by atoms with Gasteiger partial charge in [-0.2, -0.15) is 0 Å². The molecule has 0 heterocycles. The van der Waals surface area contributed by atoms with Crippen LogP contribution in [0.4, 0.5) is 0 Å². The Morgan fingerprint density at radius 3 is 1.30 bits per heavy atom. The van der Waals surface area contributed by atoms with Crippen LogP contribution in [-0.4, -0.2) is 119 Å². The number of nitrogens with two attached hydrogens (primary N) is 1. The number of halogens is 1. The van der Waals surface area contributed by atoms with Crippen molar-refractivity contribution in [3.05, 3.63) is 0 Å². The Labute approximate surface area is 288 Å². The van der Waals surface area contributed by atoms with E-state index in [4.69, 9.17) is 18.7 Å². The third-order valence-corrected chi connectivity index (χ3v) is 5.88. The van der Waals surface area contributed by atoms with E-state index >= 15 is 0 Å². The fourth-order valence-corrected chi connectivity index (χ4v) is 3.45. The zero-order chi connectivity index (χ0) is 34.0. The van der Waals surface area contributed by atoms with Gasteiger partial charge >= 0.3 is 17.1 Å². The van der Waals surface area contributed by atoms with E-state index < -0.39 is 27.8 Å². The van der Waals surface area contributed by atoms with Gasteiger partial charge in [0.25, 0.3) is 0 Å². The maximum absolute atomic E-state index is 12.0. The molecule has 271 valence electrons. The van der Waals surface area contributed by atoms with Crippen molar-refractivity contribution < 1.29 is 82.0 Å². The van der Waals surface area contributed by atoms with Crippen LogP contribution in [0, 0.1) is 0 Å². The number of carbonyl (C=O) groups excluding carboxylic acids is 5. The van der Waals surface area contributed by atoms with Crippen molar-refractivity contribution in [3.63, 3.8) is 0 Å². The Morgan fingerprint density at radius 2 is 0.978 bits per heavy atom. The van der Waals surface area contributed by atoms with Gasteiger partial charge in [0, 0.05) is 71.6 Å². The molecule has 7 N–H and O–H groups in total. The molecule has 0 aromatic carbocycles. The normalized spacial score (nSPS) is 10.2. The number of carbonyl (C=O) groups is 5. The predicted molar refractivity (Wildman–Crippen MR) is 157 cm³/mol. The maximum Gasteiger partial charge on any atom is 3.00 e. The molecule has 20 heteroatoms. The van der Waals surface area contributed by atoms with Gasteiger partial charge in [-0.05, 0) is 57.9 Å². The molecule has 0 aliphatic heterocycles. The standard InChI is InChI=1S/C25H48N6O8.CH4O3S.ClH.Fe/c1-21(32)29(37)18-9-3-6-16-27-22(33)12-14-25(36)31(39)20-10-4-7-17-28-23(34)11-13-24(35)30(38)19-8-2-5-15-26;1-5(2,3)4;;/h37-39H,2-20,26H2,1H3,(H,27,33)(H,28,34);1H3,(H,2,3,4);1H;/q;;;+3/p-2. The molecule has 46 heavy (non-hydrogen) atoms. The topological polar surface area (TPSA) is 263 Å². The average molecular weight is 747 g/mol. The van der Waals surface area contributed by atoms with Gasteiger partial charge in [-0.25, -0.2) is 23.6 Å². The Morgan fingerprint density at radius 1 is 0.652 bits per heavy atom. The van der Waals surface area contributed by atoms with Crippen LogP contribution in [0.1, 0.15) is 90.4 Å². The first-order chi connectivity index (χ1) is 20.6. The minimum Gasteiger partial charge on any atom is -1.00 e. The fraction of sp³-hybridized carbons (Fsp3) is 0.808. The molecular weight excluding hydrogens is 696 g/mol. The quantitative estimate of drug-likeness (QED) is 0.0202. The molecule has 17 nitrogen and oxygen atoms in total. The van der Waals surface area contributed by atoms with E-state index in [-0.39, 0.29) is 86.6 Å². The summed E-state index contributed by atoms with van der Waals surface area (Å²) in [6, 6.07) is 0. The SMILES string of the molecule is CC(=O)N(O)CCCCCNC(=O)CCC(=O)N(O)CCCCCNC(=O)CCC(=O)N(O)CCCCCN.CS(=O)(=O)[O-].[Cl-].[Fe+3]. The zero-order valence-electron chi connectivity index (χ0n) is 26.6. The molecule has 0 fully saturated rings. The van der Waals surface area contributed by atoms with Crippen LogP contribution in [0.25, 0.3) is 0 Å². The summed E-state index contributed by atoms with van der Waals surface area (Å²) >= 11 is 0. The summed E-state index contributed by atoms with van der Waals surface area (Å²) in [5, 5.41) is 36.1.